The molecule has 1 atom stereocenters. The number of aliphatic hydroxyl groups is 1. The molecule has 1 heteroatoms. The Hall–Kier alpha value is -0.300. The van der Waals surface area contributed by atoms with Gasteiger partial charge in [-0.25, -0.2) is 0 Å². The normalized spacial score (nSPS) is 25.5. The second-order valence-electron chi connectivity index (χ2n) is 6.22. The molecule has 1 aliphatic rings. The van der Waals surface area contributed by atoms with Gasteiger partial charge in [-0.1, -0.05) is 45.8 Å². The first kappa shape index (κ1) is 12.8. The minimum absolute atomic E-state index is 0.206. The maximum atomic E-state index is 9.75. The second kappa shape index (κ2) is 5.16. The SMILES string of the molecule is CC(C)CCCC1=CC(O)CC(C)(C)C1. The Morgan fingerprint density at radius 1 is 1.47 bits per heavy atom. The zero-order valence-electron chi connectivity index (χ0n) is 10.7. The Balaban J connectivity index is 2.41. The number of hydrogen-bond donors (Lipinski definition) is 1. The van der Waals surface area contributed by atoms with Crippen LogP contribution in [0.3, 0.4) is 0 Å². The fourth-order valence-electron chi connectivity index (χ4n) is 2.55. The summed E-state index contributed by atoms with van der Waals surface area (Å²) in [7, 11) is 0. The molecule has 0 saturated carbocycles. The van der Waals surface area contributed by atoms with Crippen LogP contribution in [-0.4, -0.2) is 11.2 Å². The van der Waals surface area contributed by atoms with E-state index in [1.165, 1.54) is 31.3 Å². The maximum Gasteiger partial charge on any atom is 0.0728 e. The van der Waals surface area contributed by atoms with E-state index in [0.717, 1.165) is 12.3 Å². The maximum absolute atomic E-state index is 9.75. The minimum atomic E-state index is -0.206. The van der Waals surface area contributed by atoms with Gasteiger partial charge in [-0.15, -0.1) is 0 Å². The molecule has 1 unspecified atom stereocenters. The van der Waals surface area contributed by atoms with Crippen LogP contribution in [0, 0.1) is 11.3 Å². The fraction of sp³-hybridized carbons (Fsp3) is 0.857. The average molecular weight is 210 g/mol. The van der Waals surface area contributed by atoms with Crippen LogP contribution in [0.1, 0.15) is 59.8 Å². The summed E-state index contributed by atoms with van der Waals surface area (Å²) in [6, 6.07) is 0. The Kier molecular flexibility index (Phi) is 4.39. The van der Waals surface area contributed by atoms with E-state index in [1.54, 1.807) is 0 Å². The Morgan fingerprint density at radius 2 is 2.13 bits per heavy atom. The standard InChI is InChI=1S/C14H26O/c1-11(2)6-5-7-12-8-13(15)10-14(3,4)9-12/h8,11,13,15H,5-7,9-10H2,1-4H3. The third-order valence-electron chi connectivity index (χ3n) is 3.17. The predicted octanol–water partition coefficient (Wildman–Crippen LogP) is 3.92. The molecule has 1 nitrogen and oxygen atoms in total. The van der Waals surface area contributed by atoms with Crippen molar-refractivity contribution in [3.8, 4) is 0 Å². The van der Waals surface area contributed by atoms with Crippen LogP contribution in [0.15, 0.2) is 11.6 Å². The van der Waals surface area contributed by atoms with Crippen molar-refractivity contribution in [3.05, 3.63) is 11.6 Å². The first-order valence-electron chi connectivity index (χ1n) is 6.27. The monoisotopic (exact) mass is 210 g/mol. The number of allylic oxidation sites excluding steroid dienone is 1. The molecule has 0 amide bonds. The quantitative estimate of drug-likeness (QED) is 0.697. The van der Waals surface area contributed by atoms with Crippen molar-refractivity contribution in [1.82, 2.24) is 0 Å². The molecule has 0 fully saturated rings. The van der Waals surface area contributed by atoms with Gasteiger partial charge >= 0.3 is 0 Å². The van der Waals surface area contributed by atoms with Crippen LogP contribution < -0.4 is 0 Å². The van der Waals surface area contributed by atoms with E-state index in [2.05, 4.69) is 33.8 Å². The molecule has 0 aromatic rings. The lowest BCUT2D eigenvalue weighted by Crippen LogP contribution is -2.24. The molecular formula is C14H26O. The van der Waals surface area contributed by atoms with Crippen molar-refractivity contribution in [2.75, 3.05) is 0 Å². The molecule has 0 heterocycles. The topological polar surface area (TPSA) is 20.2 Å². The first-order chi connectivity index (χ1) is 6.89. The molecule has 1 aliphatic carbocycles. The van der Waals surface area contributed by atoms with Crippen LogP contribution in [0.4, 0.5) is 0 Å². The lowest BCUT2D eigenvalue weighted by molar-refractivity contribution is 0.137. The first-order valence-corrected chi connectivity index (χ1v) is 6.27. The van der Waals surface area contributed by atoms with E-state index in [9.17, 15) is 5.11 Å². The van der Waals surface area contributed by atoms with Crippen molar-refractivity contribution in [2.45, 2.75) is 65.9 Å². The molecule has 0 aromatic heterocycles. The molecule has 0 saturated heterocycles. The summed E-state index contributed by atoms with van der Waals surface area (Å²) in [5.41, 5.74) is 1.76. The third kappa shape index (κ3) is 4.83. The molecule has 1 N–H and O–H groups in total. The van der Waals surface area contributed by atoms with E-state index in [0.29, 0.717) is 5.41 Å². The van der Waals surface area contributed by atoms with E-state index in [4.69, 9.17) is 0 Å². The fourth-order valence-corrected chi connectivity index (χ4v) is 2.55. The summed E-state index contributed by atoms with van der Waals surface area (Å²) in [6.07, 6.45) is 7.72. The molecule has 0 aromatic carbocycles. The smallest absolute Gasteiger partial charge is 0.0728 e. The molecular weight excluding hydrogens is 184 g/mol. The van der Waals surface area contributed by atoms with Gasteiger partial charge in [-0.3, -0.25) is 0 Å². The summed E-state index contributed by atoms with van der Waals surface area (Å²) in [5.74, 6) is 0.798. The van der Waals surface area contributed by atoms with Crippen LogP contribution in [0.5, 0.6) is 0 Å². The van der Waals surface area contributed by atoms with Gasteiger partial charge in [0.1, 0.15) is 0 Å². The zero-order valence-corrected chi connectivity index (χ0v) is 10.7. The molecule has 0 radical (unpaired) electrons. The highest BCUT2D eigenvalue weighted by atomic mass is 16.3. The highest BCUT2D eigenvalue weighted by molar-refractivity contribution is 5.12. The average Bonchev–Trinajstić information content (AvgIpc) is 1.98. The summed E-state index contributed by atoms with van der Waals surface area (Å²) < 4.78 is 0. The summed E-state index contributed by atoms with van der Waals surface area (Å²) in [6.45, 7) is 9.05. The lowest BCUT2D eigenvalue weighted by Gasteiger charge is -2.32. The summed E-state index contributed by atoms with van der Waals surface area (Å²) in [5, 5.41) is 9.75. The molecule has 0 bridgehead atoms. The Morgan fingerprint density at radius 3 is 2.67 bits per heavy atom. The van der Waals surface area contributed by atoms with E-state index >= 15 is 0 Å². The van der Waals surface area contributed by atoms with Crippen LogP contribution >= 0.6 is 0 Å². The predicted molar refractivity (Wildman–Crippen MR) is 65.8 cm³/mol. The van der Waals surface area contributed by atoms with Gasteiger partial charge in [-0.05, 0) is 37.0 Å². The van der Waals surface area contributed by atoms with Crippen LogP contribution in [0.25, 0.3) is 0 Å². The molecule has 0 spiro atoms. The van der Waals surface area contributed by atoms with Gasteiger partial charge in [-0.2, -0.15) is 0 Å². The van der Waals surface area contributed by atoms with Gasteiger partial charge in [0.25, 0.3) is 0 Å². The lowest BCUT2D eigenvalue weighted by atomic mass is 9.75. The molecule has 0 aliphatic heterocycles. The van der Waals surface area contributed by atoms with Gasteiger partial charge in [0, 0.05) is 0 Å². The highest BCUT2D eigenvalue weighted by Crippen LogP contribution is 2.37. The van der Waals surface area contributed by atoms with Crippen molar-refractivity contribution in [3.63, 3.8) is 0 Å². The van der Waals surface area contributed by atoms with Crippen molar-refractivity contribution < 1.29 is 5.11 Å². The van der Waals surface area contributed by atoms with Gasteiger partial charge in [0.15, 0.2) is 0 Å². The largest absolute Gasteiger partial charge is 0.389 e. The van der Waals surface area contributed by atoms with Crippen molar-refractivity contribution in [1.29, 1.82) is 0 Å². The number of rotatable bonds is 4. The summed E-state index contributed by atoms with van der Waals surface area (Å²) >= 11 is 0. The minimum Gasteiger partial charge on any atom is -0.389 e. The number of hydrogen-bond acceptors (Lipinski definition) is 1. The molecule has 1 rings (SSSR count). The van der Waals surface area contributed by atoms with Gasteiger partial charge in [0.2, 0.25) is 0 Å². The Labute approximate surface area is 94.6 Å². The molecule has 88 valence electrons. The zero-order chi connectivity index (χ0) is 11.5. The Bertz CT molecular complexity index is 225. The van der Waals surface area contributed by atoms with Gasteiger partial charge in [0.05, 0.1) is 6.10 Å². The van der Waals surface area contributed by atoms with E-state index in [-0.39, 0.29) is 6.10 Å². The van der Waals surface area contributed by atoms with Gasteiger partial charge < -0.3 is 5.11 Å². The number of aliphatic hydroxyl groups excluding tert-OH is 1. The molecule has 15 heavy (non-hydrogen) atoms. The van der Waals surface area contributed by atoms with Crippen LogP contribution in [0.2, 0.25) is 0 Å². The highest BCUT2D eigenvalue weighted by Gasteiger charge is 2.27. The van der Waals surface area contributed by atoms with Crippen molar-refractivity contribution >= 4 is 0 Å². The second-order valence-corrected chi connectivity index (χ2v) is 6.22. The third-order valence-corrected chi connectivity index (χ3v) is 3.17. The summed E-state index contributed by atoms with van der Waals surface area (Å²) in [4.78, 5) is 0. The van der Waals surface area contributed by atoms with E-state index in [1.807, 2.05) is 0 Å². The van der Waals surface area contributed by atoms with E-state index < -0.39 is 0 Å². The van der Waals surface area contributed by atoms with Crippen LogP contribution in [-0.2, 0) is 0 Å². The van der Waals surface area contributed by atoms with Crippen molar-refractivity contribution in [2.24, 2.45) is 11.3 Å².